The summed E-state index contributed by atoms with van der Waals surface area (Å²) in [5, 5.41) is 4.39. The van der Waals surface area contributed by atoms with Gasteiger partial charge in [0, 0.05) is 18.8 Å². The maximum absolute atomic E-state index is 11.9. The molecule has 2 aliphatic heterocycles. The van der Waals surface area contributed by atoms with E-state index >= 15 is 0 Å². The molecule has 0 saturated carbocycles. The molecule has 0 aromatic heterocycles. The molecule has 1 aromatic carbocycles. The van der Waals surface area contributed by atoms with Crippen molar-refractivity contribution >= 4 is 22.6 Å². The summed E-state index contributed by atoms with van der Waals surface area (Å²) in [4.78, 5) is 14.2. The Hall–Kier alpha value is -1.46. The van der Waals surface area contributed by atoms with Crippen molar-refractivity contribution in [3.63, 3.8) is 0 Å². The van der Waals surface area contributed by atoms with Gasteiger partial charge in [-0.25, -0.2) is 0 Å². The van der Waals surface area contributed by atoms with Gasteiger partial charge in [0.15, 0.2) is 0 Å². The average Bonchev–Trinajstić information content (AvgIpc) is 3.05. The van der Waals surface area contributed by atoms with Crippen LogP contribution >= 0.6 is 11.8 Å². The van der Waals surface area contributed by atoms with Crippen molar-refractivity contribution in [2.75, 3.05) is 18.4 Å². The Kier molecular flexibility index (Phi) is 3.72. The molecular formula is C15H19N3OS. The summed E-state index contributed by atoms with van der Waals surface area (Å²) in [6, 6.07) is 7.59. The van der Waals surface area contributed by atoms with Crippen LogP contribution in [0.3, 0.4) is 0 Å². The molecule has 1 unspecified atom stereocenters. The van der Waals surface area contributed by atoms with E-state index < -0.39 is 6.04 Å². The summed E-state index contributed by atoms with van der Waals surface area (Å²) < 4.78 is 0. The third-order valence-electron chi connectivity index (χ3n) is 3.72. The van der Waals surface area contributed by atoms with Crippen molar-refractivity contribution in [1.29, 1.82) is 0 Å². The van der Waals surface area contributed by atoms with E-state index in [2.05, 4.69) is 17.1 Å². The molecule has 0 bridgehead atoms. The number of nitrogens with one attached hydrogen (secondary N) is 1. The number of rotatable bonds is 3. The van der Waals surface area contributed by atoms with Gasteiger partial charge in [0.1, 0.15) is 11.1 Å². The van der Waals surface area contributed by atoms with E-state index in [9.17, 15) is 4.79 Å². The number of aryl methyl sites for hydroxylation is 1. The van der Waals surface area contributed by atoms with Gasteiger partial charge in [0.05, 0.1) is 5.70 Å². The van der Waals surface area contributed by atoms with Crippen LogP contribution in [-0.2, 0) is 4.79 Å². The third-order valence-corrected chi connectivity index (χ3v) is 4.84. The van der Waals surface area contributed by atoms with Crippen molar-refractivity contribution in [3.8, 4) is 0 Å². The van der Waals surface area contributed by atoms with Gasteiger partial charge in [0.25, 0.3) is 0 Å². The SMILES string of the molecule is Cc1ccc(NC2=C(N3CCCC3)SC(=O)C2N)cc1. The first-order chi connectivity index (χ1) is 9.65. The maximum Gasteiger partial charge on any atom is 0.217 e. The summed E-state index contributed by atoms with van der Waals surface area (Å²) in [5.41, 5.74) is 9.09. The zero-order chi connectivity index (χ0) is 14.1. The van der Waals surface area contributed by atoms with Gasteiger partial charge >= 0.3 is 0 Å². The molecule has 2 heterocycles. The van der Waals surface area contributed by atoms with Crippen LogP contribution in [0.1, 0.15) is 18.4 Å². The first kappa shape index (κ1) is 13.5. The highest BCUT2D eigenvalue weighted by Gasteiger charge is 2.35. The molecule has 1 fully saturated rings. The Labute approximate surface area is 123 Å². The molecule has 0 spiro atoms. The van der Waals surface area contributed by atoms with Crippen molar-refractivity contribution in [2.45, 2.75) is 25.8 Å². The second-order valence-corrected chi connectivity index (χ2v) is 6.30. The maximum atomic E-state index is 11.9. The first-order valence-electron chi connectivity index (χ1n) is 6.95. The molecule has 3 rings (SSSR count). The fourth-order valence-electron chi connectivity index (χ4n) is 2.54. The highest BCUT2D eigenvalue weighted by atomic mass is 32.2. The molecule has 1 aromatic rings. The van der Waals surface area contributed by atoms with E-state index in [4.69, 9.17) is 5.73 Å². The topological polar surface area (TPSA) is 58.4 Å². The molecule has 0 amide bonds. The Balaban J connectivity index is 1.87. The third kappa shape index (κ3) is 2.55. The molecule has 2 aliphatic rings. The lowest BCUT2D eigenvalue weighted by Gasteiger charge is -2.20. The zero-order valence-corrected chi connectivity index (χ0v) is 12.4. The minimum Gasteiger partial charge on any atom is -0.365 e. The second-order valence-electron chi connectivity index (χ2n) is 5.30. The summed E-state index contributed by atoms with van der Waals surface area (Å²) in [7, 11) is 0. The smallest absolute Gasteiger partial charge is 0.217 e. The molecule has 4 nitrogen and oxygen atoms in total. The molecule has 5 heteroatoms. The van der Waals surface area contributed by atoms with Crippen LogP contribution in [0.2, 0.25) is 0 Å². The molecule has 3 N–H and O–H groups in total. The van der Waals surface area contributed by atoms with Crippen molar-refractivity contribution in [1.82, 2.24) is 4.90 Å². The highest BCUT2D eigenvalue weighted by Crippen LogP contribution is 2.36. The van der Waals surface area contributed by atoms with Gasteiger partial charge in [-0.1, -0.05) is 17.7 Å². The fraction of sp³-hybridized carbons (Fsp3) is 0.400. The lowest BCUT2D eigenvalue weighted by molar-refractivity contribution is -0.111. The van der Waals surface area contributed by atoms with Crippen molar-refractivity contribution in [3.05, 3.63) is 40.6 Å². The van der Waals surface area contributed by atoms with Crippen LogP contribution in [0.4, 0.5) is 5.69 Å². The number of anilines is 1. The number of carbonyl (C=O) groups is 1. The highest BCUT2D eigenvalue weighted by molar-refractivity contribution is 8.17. The molecule has 1 saturated heterocycles. The number of thioether (sulfide) groups is 1. The molecular weight excluding hydrogens is 270 g/mol. The van der Waals surface area contributed by atoms with E-state index in [1.54, 1.807) is 0 Å². The standard InChI is InChI=1S/C15H19N3OS/c1-10-4-6-11(7-5-10)17-13-12(16)15(19)20-14(13)18-8-2-3-9-18/h4-7,12,17H,2-3,8-9,16H2,1H3. The van der Waals surface area contributed by atoms with Gasteiger partial charge in [-0.3, -0.25) is 4.79 Å². The van der Waals surface area contributed by atoms with Crippen LogP contribution < -0.4 is 11.1 Å². The monoisotopic (exact) mass is 289 g/mol. The number of benzene rings is 1. The van der Waals surface area contributed by atoms with Gasteiger partial charge in [-0.15, -0.1) is 0 Å². The van der Waals surface area contributed by atoms with Crippen LogP contribution in [0, 0.1) is 6.92 Å². The number of nitrogens with two attached hydrogens (primary N) is 1. The molecule has 1 atom stereocenters. The number of hydrogen-bond acceptors (Lipinski definition) is 5. The predicted molar refractivity (Wildman–Crippen MR) is 83.2 cm³/mol. The first-order valence-corrected chi connectivity index (χ1v) is 7.77. The van der Waals surface area contributed by atoms with Crippen molar-refractivity contribution in [2.24, 2.45) is 5.73 Å². The molecule has 20 heavy (non-hydrogen) atoms. The van der Waals surface area contributed by atoms with Gasteiger partial charge < -0.3 is 16.0 Å². The Bertz CT molecular complexity index is 547. The lowest BCUT2D eigenvalue weighted by atomic mass is 10.2. The largest absolute Gasteiger partial charge is 0.365 e. The molecule has 0 radical (unpaired) electrons. The van der Waals surface area contributed by atoms with Crippen LogP contribution in [-0.4, -0.2) is 29.1 Å². The van der Waals surface area contributed by atoms with E-state index in [-0.39, 0.29) is 5.12 Å². The minimum atomic E-state index is -0.545. The number of nitrogens with zero attached hydrogens (tertiary/aromatic N) is 1. The normalized spacial score (nSPS) is 22.8. The fourth-order valence-corrected chi connectivity index (χ4v) is 3.58. The van der Waals surface area contributed by atoms with Crippen molar-refractivity contribution < 1.29 is 4.79 Å². The van der Waals surface area contributed by atoms with Crippen LogP contribution in [0.25, 0.3) is 0 Å². The zero-order valence-electron chi connectivity index (χ0n) is 11.6. The Morgan fingerprint density at radius 2 is 1.90 bits per heavy atom. The predicted octanol–water partition coefficient (Wildman–Crippen LogP) is 2.27. The Morgan fingerprint density at radius 1 is 1.25 bits per heavy atom. The summed E-state index contributed by atoms with van der Waals surface area (Å²) in [6.07, 6.45) is 2.37. The van der Waals surface area contributed by atoms with Crippen LogP contribution in [0.5, 0.6) is 0 Å². The van der Waals surface area contributed by atoms with Gasteiger partial charge in [-0.2, -0.15) is 0 Å². The van der Waals surface area contributed by atoms with E-state index in [1.807, 2.05) is 24.3 Å². The average molecular weight is 289 g/mol. The van der Waals surface area contributed by atoms with E-state index in [0.717, 1.165) is 29.5 Å². The molecule has 106 valence electrons. The van der Waals surface area contributed by atoms with E-state index in [0.29, 0.717) is 0 Å². The van der Waals surface area contributed by atoms with Gasteiger partial charge in [0.2, 0.25) is 5.12 Å². The van der Waals surface area contributed by atoms with Gasteiger partial charge in [-0.05, 0) is 43.7 Å². The summed E-state index contributed by atoms with van der Waals surface area (Å²) in [5.74, 6) is 0. The summed E-state index contributed by atoms with van der Waals surface area (Å²) >= 11 is 1.28. The molecule has 0 aliphatic carbocycles. The minimum absolute atomic E-state index is 0.0292. The van der Waals surface area contributed by atoms with Crippen LogP contribution in [0.15, 0.2) is 35.0 Å². The quantitative estimate of drug-likeness (QED) is 0.894. The number of hydrogen-bond donors (Lipinski definition) is 2. The summed E-state index contributed by atoms with van der Waals surface area (Å²) in [6.45, 7) is 4.09. The number of likely N-dealkylation sites (tertiary alicyclic amines) is 1. The second kappa shape index (κ2) is 5.50. The number of carbonyl (C=O) groups excluding carboxylic acids is 1. The lowest BCUT2D eigenvalue weighted by Crippen LogP contribution is -2.31. The Morgan fingerprint density at radius 3 is 2.55 bits per heavy atom. The van der Waals surface area contributed by atoms with E-state index in [1.165, 1.54) is 30.2 Å².